The van der Waals surface area contributed by atoms with Crippen LogP contribution in [0.4, 0.5) is 0 Å². The lowest BCUT2D eigenvalue weighted by molar-refractivity contribution is -0.917. The molecule has 1 heterocycles. The van der Waals surface area contributed by atoms with Gasteiger partial charge in [0.2, 0.25) is 5.91 Å². The fraction of sp³-hybridized carbons (Fsp3) is 0.391. The van der Waals surface area contributed by atoms with E-state index in [1.165, 1.54) is 10.5 Å². The number of piperazine rings is 1. The van der Waals surface area contributed by atoms with Crippen LogP contribution in [-0.4, -0.2) is 60.9 Å². The summed E-state index contributed by atoms with van der Waals surface area (Å²) in [7, 11) is 0. The van der Waals surface area contributed by atoms with Crippen LogP contribution in [0, 0.1) is 0 Å². The second-order valence-electron chi connectivity index (χ2n) is 7.41. The van der Waals surface area contributed by atoms with Crippen molar-refractivity contribution < 1.29 is 14.5 Å². The van der Waals surface area contributed by atoms with Crippen LogP contribution < -0.4 is 10.2 Å². The number of benzene rings is 2. The summed E-state index contributed by atoms with van der Waals surface area (Å²) in [5.41, 5.74) is 1.92. The number of hydrogen-bond acceptors (Lipinski definition) is 3. The van der Waals surface area contributed by atoms with E-state index in [1.807, 2.05) is 35.4 Å². The fourth-order valence-corrected chi connectivity index (χ4v) is 4.12. The van der Waals surface area contributed by atoms with E-state index in [4.69, 9.17) is 0 Å². The van der Waals surface area contributed by atoms with Crippen LogP contribution >= 0.6 is 11.8 Å². The van der Waals surface area contributed by atoms with Gasteiger partial charge in [-0.25, -0.2) is 0 Å². The van der Waals surface area contributed by atoms with Crippen molar-refractivity contribution in [2.24, 2.45) is 0 Å². The van der Waals surface area contributed by atoms with Crippen molar-refractivity contribution in [2.45, 2.75) is 19.0 Å². The van der Waals surface area contributed by atoms with Gasteiger partial charge in [0.05, 0.1) is 26.2 Å². The Balaban J connectivity index is 1.56. The molecular weight excluding hydrogens is 382 g/mol. The number of nitrogens with zero attached hydrogens (tertiary/aromatic N) is 1. The van der Waals surface area contributed by atoms with Gasteiger partial charge in [-0.1, -0.05) is 48.5 Å². The standard InChI is InChI=1S/C23H29N3O2S/c1-29-17-12-21(24-22(27)20-10-6-3-7-11-20)23(28)26-15-13-25(14-16-26)18-19-8-4-2-5-9-19/h2-11,21H,12-18H2,1H3,(H,24,27)/p+1/t21-/m0/s1. The van der Waals surface area contributed by atoms with E-state index in [-0.39, 0.29) is 11.8 Å². The van der Waals surface area contributed by atoms with Crippen molar-refractivity contribution >= 4 is 23.6 Å². The Bertz CT molecular complexity index is 777. The maximum Gasteiger partial charge on any atom is 0.251 e. The molecule has 2 aromatic carbocycles. The van der Waals surface area contributed by atoms with Gasteiger partial charge in [-0.15, -0.1) is 0 Å². The topological polar surface area (TPSA) is 53.9 Å². The van der Waals surface area contributed by atoms with Crippen molar-refractivity contribution in [2.75, 3.05) is 38.2 Å². The normalized spacial score (nSPS) is 15.7. The largest absolute Gasteiger partial charge is 0.340 e. The zero-order valence-electron chi connectivity index (χ0n) is 17.0. The average molecular weight is 413 g/mol. The van der Waals surface area contributed by atoms with E-state index in [0.717, 1.165) is 38.5 Å². The van der Waals surface area contributed by atoms with Crippen molar-refractivity contribution in [3.05, 3.63) is 71.8 Å². The Morgan fingerprint density at radius 2 is 1.66 bits per heavy atom. The minimum absolute atomic E-state index is 0.0436. The summed E-state index contributed by atoms with van der Waals surface area (Å²) in [6.45, 7) is 4.32. The molecular formula is C23H30N3O2S+. The van der Waals surface area contributed by atoms with Crippen LogP contribution in [0.1, 0.15) is 22.3 Å². The first-order valence-electron chi connectivity index (χ1n) is 10.2. The number of amides is 2. The third-order valence-electron chi connectivity index (χ3n) is 5.33. The molecule has 0 unspecified atom stereocenters. The Hall–Kier alpha value is -2.31. The monoisotopic (exact) mass is 412 g/mol. The predicted molar refractivity (Wildman–Crippen MR) is 118 cm³/mol. The Kier molecular flexibility index (Phi) is 8.14. The SMILES string of the molecule is CSCC[C@H](NC(=O)c1ccccc1)C(=O)N1CC[NH+](Cc2ccccc2)CC1. The van der Waals surface area contributed by atoms with Crippen LogP contribution in [0.3, 0.4) is 0 Å². The molecule has 2 amide bonds. The molecule has 5 nitrogen and oxygen atoms in total. The summed E-state index contributed by atoms with van der Waals surface area (Å²) in [6, 6.07) is 19.1. The molecule has 0 aliphatic carbocycles. The van der Waals surface area contributed by atoms with Gasteiger partial charge in [-0.2, -0.15) is 11.8 Å². The van der Waals surface area contributed by atoms with Gasteiger partial charge in [0, 0.05) is 11.1 Å². The van der Waals surface area contributed by atoms with E-state index in [1.54, 1.807) is 23.9 Å². The first-order chi connectivity index (χ1) is 14.2. The highest BCUT2D eigenvalue weighted by atomic mass is 32.2. The summed E-state index contributed by atoms with van der Waals surface area (Å²) >= 11 is 1.69. The maximum atomic E-state index is 13.1. The molecule has 154 valence electrons. The van der Waals surface area contributed by atoms with Crippen molar-refractivity contribution in [3.63, 3.8) is 0 Å². The summed E-state index contributed by atoms with van der Waals surface area (Å²) < 4.78 is 0. The van der Waals surface area contributed by atoms with Crippen LogP contribution in [0.15, 0.2) is 60.7 Å². The lowest BCUT2D eigenvalue weighted by Gasteiger charge is -2.34. The van der Waals surface area contributed by atoms with Crippen LogP contribution in [0.2, 0.25) is 0 Å². The molecule has 1 aliphatic heterocycles. The Morgan fingerprint density at radius 1 is 1.03 bits per heavy atom. The third kappa shape index (κ3) is 6.34. The third-order valence-corrected chi connectivity index (χ3v) is 5.97. The molecule has 3 rings (SSSR count). The zero-order chi connectivity index (χ0) is 20.5. The van der Waals surface area contributed by atoms with Crippen LogP contribution in [0.25, 0.3) is 0 Å². The molecule has 6 heteroatoms. The highest BCUT2D eigenvalue weighted by Crippen LogP contribution is 2.08. The molecule has 0 saturated carbocycles. The number of carbonyl (C=O) groups is 2. The molecule has 1 saturated heterocycles. The summed E-state index contributed by atoms with van der Waals surface area (Å²) in [4.78, 5) is 29.1. The second-order valence-corrected chi connectivity index (χ2v) is 8.40. The summed E-state index contributed by atoms with van der Waals surface area (Å²) in [5, 5.41) is 2.97. The average Bonchev–Trinajstić information content (AvgIpc) is 2.78. The summed E-state index contributed by atoms with van der Waals surface area (Å²) in [5.74, 6) is 0.700. The van der Waals surface area contributed by atoms with Crippen LogP contribution in [-0.2, 0) is 11.3 Å². The molecule has 29 heavy (non-hydrogen) atoms. The molecule has 1 atom stereocenters. The van der Waals surface area contributed by atoms with Gasteiger partial charge in [0.25, 0.3) is 5.91 Å². The maximum absolute atomic E-state index is 13.1. The van der Waals surface area contributed by atoms with Crippen molar-refractivity contribution in [1.29, 1.82) is 0 Å². The molecule has 2 aromatic rings. The Labute approximate surface area is 177 Å². The molecule has 1 fully saturated rings. The molecule has 0 bridgehead atoms. The van der Waals surface area contributed by atoms with E-state index in [0.29, 0.717) is 12.0 Å². The fourth-order valence-electron chi connectivity index (χ4n) is 3.65. The number of rotatable bonds is 8. The van der Waals surface area contributed by atoms with Gasteiger partial charge in [0.1, 0.15) is 12.6 Å². The minimum atomic E-state index is -0.467. The first-order valence-corrected chi connectivity index (χ1v) is 11.6. The van der Waals surface area contributed by atoms with Crippen molar-refractivity contribution in [1.82, 2.24) is 10.2 Å². The first kappa shape index (κ1) is 21.4. The highest BCUT2D eigenvalue weighted by Gasteiger charge is 2.30. The number of hydrogen-bond donors (Lipinski definition) is 2. The lowest BCUT2D eigenvalue weighted by Crippen LogP contribution is -3.13. The van der Waals surface area contributed by atoms with Crippen molar-refractivity contribution in [3.8, 4) is 0 Å². The van der Waals surface area contributed by atoms with E-state index in [9.17, 15) is 9.59 Å². The number of quaternary nitrogens is 1. The summed E-state index contributed by atoms with van der Waals surface area (Å²) in [6.07, 6.45) is 2.67. The molecule has 1 aliphatic rings. The quantitative estimate of drug-likeness (QED) is 0.690. The zero-order valence-corrected chi connectivity index (χ0v) is 17.8. The molecule has 0 spiro atoms. The predicted octanol–water partition coefficient (Wildman–Crippen LogP) is 1.47. The number of thioether (sulfide) groups is 1. The second kappa shape index (κ2) is 11.0. The van der Waals surface area contributed by atoms with E-state index in [2.05, 4.69) is 29.6 Å². The molecule has 0 radical (unpaired) electrons. The van der Waals surface area contributed by atoms with Gasteiger partial charge < -0.3 is 15.1 Å². The van der Waals surface area contributed by atoms with Gasteiger partial charge in [-0.05, 0) is 30.6 Å². The number of nitrogens with one attached hydrogen (secondary N) is 2. The highest BCUT2D eigenvalue weighted by molar-refractivity contribution is 7.98. The molecule has 2 N–H and O–H groups in total. The molecule has 0 aromatic heterocycles. The van der Waals surface area contributed by atoms with Gasteiger partial charge in [-0.3, -0.25) is 9.59 Å². The van der Waals surface area contributed by atoms with E-state index < -0.39 is 6.04 Å². The van der Waals surface area contributed by atoms with Crippen LogP contribution in [0.5, 0.6) is 0 Å². The Morgan fingerprint density at radius 3 is 2.28 bits per heavy atom. The minimum Gasteiger partial charge on any atom is -0.340 e. The lowest BCUT2D eigenvalue weighted by atomic mass is 10.1. The van der Waals surface area contributed by atoms with E-state index >= 15 is 0 Å². The smallest absolute Gasteiger partial charge is 0.251 e. The van der Waals surface area contributed by atoms with Gasteiger partial charge >= 0.3 is 0 Å². The number of carbonyl (C=O) groups excluding carboxylic acids is 2. The van der Waals surface area contributed by atoms with Gasteiger partial charge in [0.15, 0.2) is 0 Å².